The second-order valence-corrected chi connectivity index (χ2v) is 8.45. The van der Waals surface area contributed by atoms with Crippen LogP contribution < -0.4 is 10.6 Å². The third-order valence-electron chi connectivity index (χ3n) is 5.84. The van der Waals surface area contributed by atoms with E-state index in [4.69, 9.17) is 4.99 Å². The minimum Gasteiger partial charge on any atom is -0.357 e. The van der Waals surface area contributed by atoms with Crippen molar-refractivity contribution in [2.75, 3.05) is 13.1 Å². The lowest BCUT2D eigenvalue weighted by Gasteiger charge is -2.21. The first-order valence-corrected chi connectivity index (χ1v) is 11.4. The van der Waals surface area contributed by atoms with E-state index in [1.807, 2.05) is 4.68 Å². The number of guanidine groups is 1. The highest BCUT2D eigenvalue weighted by atomic mass is 15.3. The Bertz CT molecular complexity index is 985. The number of aromatic nitrogens is 3. The minimum atomic E-state index is 0.394. The fourth-order valence-electron chi connectivity index (χ4n) is 4.25. The lowest BCUT2D eigenvalue weighted by molar-refractivity contribution is 0.258. The Balaban J connectivity index is 1.35. The molecule has 1 aliphatic rings. The highest BCUT2D eigenvalue weighted by Gasteiger charge is 2.29. The Hall–Kier alpha value is -3.19. The maximum atomic E-state index is 4.86. The monoisotopic (exact) mass is 431 g/mol. The number of hydrogen-bond acceptors (Lipinski definition) is 4. The Morgan fingerprint density at radius 1 is 1.06 bits per heavy atom. The van der Waals surface area contributed by atoms with Gasteiger partial charge in [-0.25, -0.2) is 14.7 Å². The highest BCUT2D eigenvalue weighted by molar-refractivity contribution is 5.80. The van der Waals surface area contributed by atoms with Crippen LogP contribution in [0.15, 0.2) is 72.2 Å². The van der Waals surface area contributed by atoms with Crippen LogP contribution in [0, 0.1) is 0 Å². The molecule has 1 aromatic heterocycles. The molecule has 2 N–H and O–H groups in total. The second kappa shape index (κ2) is 10.9. The predicted molar refractivity (Wildman–Crippen MR) is 128 cm³/mol. The van der Waals surface area contributed by atoms with Gasteiger partial charge < -0.3 is 10.6 Å². The van der Waals surface area contributed by atoms with Gasteiger partial charge in [0.05, 0.1) is 13.1 Å². The van der Waals surface area contributed by atoms with E-state index in [1.165, 1.54) is 16.7 Å². The summed E-state index contributed by atoms with van der Waals surface area (Å²) >= 11 is 0. The molecule has 0 spiro atoms. The summed E-state index contributed by atoms with van der Waals surface area (Å²) < 4.78 is 1.83. The van der Waals surface area contributed by atoms with Crippen LogP contribution in [0.3, 0.4) is 0 Å². The molecule has 1 aliphatic heterocycles. The Labute approximate surface area is 190 Å². The number of rotatable bonds is 8. The van der Waals surface area contributed by atoms with Crippen molar-refractivity contribution in [2.45, 2.75) is 52.0 Å². The largest absolute Gasteiger partial charge is 0.357 e. The van der Waals surface area contributed by atoms with Crippen LogP contribution in [0.4, 0.5) is 0 Å². The summed E-state index contributed by atoms with van der Waals surface area (Å²) in [5.74, 6) is 0.882. The van der Waals surface area contributed by atoms with Crippen LogP contribution in [0.25, 0.3) is 0 Å². The maximum absolute atomic E-state index is 4.86. The van der Waals surface area contributed by atoms with Crippen LogP contribution in [-0.2, 0) is 19.6 Å². The van der Waals surface area contributed by atoms with Crippen LogP contribution in [0.2, 0.25) is 0 Å². The average Bonchev–Trinajstić information content (AvgIpc) is 3.43. The molecule has 3 aromatic rings. The van der Waals surface area contributed by atoms with Gasteiger partial charge in [-0.2, -0.15) is 5.10 Å². The number of nitrogens with one attached hydrogen (secondary N) is 2. The fraction of sp³-hybridized carbons (Fsp3) is 0.400. The van der Waals surface area contributed by atoms with E-state index in [1.54, 1.807) is 12.7 Å². The van der Waals surface area contributed by atoms with Crippen LogP contribution >= 0.6 is 0 Å². The van der Waals surface area contributed by atoms with E-state index < -0.39 is 0 Å². The molecular formula is C25H33N7. The van der Waals surface area contributed by atoms with E-state index in [0.717, 1.165) is 32.0 Å². The van der Waals surface area contributed by atoms with Crippen molar-refractivity contribution < 1.29 is 0 Å². The van der Waals surface area contributed by atoms with Gasteiger partial charge in [0, 0.05) is 31.7 Å². The van der Waals surface area contributed by atoms with Gasteiger partial charge in [-0.1, -0.05) is 54.6 Å². The molecule has 0 radical (unpaired) electrons. The van der Waals surface area contributed by atoms with Gasteiger partial charge in [-0.3, -0.25) is 4.90 Å². The van der Waals surface area contributed by atoms with Gasteiger partial charge in [0.15, 0.2) is 5.96 Å². The van der Waals surface area contributed by atoms with E-state index in [-0.39, 0.29) is 0 Å². The molecular weight excluding hydrogens is 398 g/mol. The van der Waals surface area contributed by atoms with E-state index in [2.05, 4.69) is 94.1 Å². The third kappa shape index (κ3) is 6.17. The molecule has 7 heteroatoms. The summed E-state index contributed by atoms with van der Waals surface area (Å²) in [7, 11) is 0. The molecule has 168 valence electrons. The van der Waals surface area contributed by atoms with Crippen molar-refractivity contribution in [1.82, 2.24) is 30.3 Å². The van der Waals surface area contributed by atoms with E-state index in [0.29, 0.717) is 25.2 Å². The standard InChI is InChI=1S/C25H33N7/c1-3-27-25(28-14-22-10-7-11-23(13-22)16-32-19-26-18-29-32)30-24-12-20(2)31(17-24)15-21-8-5-4-6-9-21/h4-11,13,18-20,24H,3,12,14-17H2,1-2H3,(H2,27,28,30). The zero-order chi connectivity index (χ0) is 22.2. The lowest BCUT2D eigenvalue weighted by atomic mass is 10.1. The Morgan fingerprint density at radius 3 is 2.66 bits per heavy atom. The summed E-state index contributed by atoms with van der Waals surface area (Å²) in [5, 5.41) is 11.3. The molecule has 2 unspecified atom stereocenters. The highest BCUT2D eigenvalue weighted by Crippen LogP contribution is 2.20. The van der Waals surface area contributed by atoms with Gasteiger partial charge in [0.2, 0.25) is 0 Å². The van der Waals surface area contributed by atoms with Crippen molar-refractivity contribution in [3.8, 4) is 0 Å². The molecule has 2 aromatic carbocycles. The molecule has 4 rings (SSSR count). The molecule has 2 heterocycles. The third-order valence-corrected chi connectivity index (χ3v) is 5.84. The summed E-state index contributed by atoms with van der Waals surface area (Å²) in [6, 6.07) is 20.2. The SMILES string of the molecule is CCNC(=NCc1cccc(Cn2cncn2)c1)NC1CC(C)N(Cc2ccccc2)C1. The zero-order valence-electron chi connectivity index (χ0n) is 19.0. The number of benzene rings is 2. The van der Waals surface area contributed by atoms with Crippen molar-refractivity contribution >= 4 is 5.96 Å². The number of likely N-dealkylation sites (tertiary alicyclic amines) is 1. The minimum absolute atomic E-state index is 0.394. The average molecular weight is 432 g/mol. The van der Waals surface area contributed by atoms with Crippen LogP contribution in [-0.4, -0.2) is 50.8 Å². The number of aliphatic imine (C=N–C) groups is 1. The van der Waals surface area contributed by atoms with E-state index >= 15 is 0 Å². The van der Waals surface area contributed by atoms with Gasteiger partial charge in [0.1, 0.15) is 12.7 Å². The predicted octanol–water partition coefficient (Wildman–Crippen LogP) is 3.04. The number of hydrogen-bond donors (Lipinski definition) is 2. The maximum Gasteiger partial charge on any atom is 0.191 e. The summed E-state index contributed by atoms with van der Waals surface area (Å²) in [6.07, 6.45) is 4.42. The zero-order valence-corrected chi connectivity index (χ0v) is 19.0. The summed E-state index contributed by atoms with van der Waals surface area (Å²) in [6.45, 7) is 8.63. The molecule has 0 saturated carbocycles. The van der Waals surface area contributed by atoms with Crippen molar-refractivity contribution in [1.29, 1.82) is 0 Å². The van der Waals surface area contributed by atoms with Crippen LogP contribution in [0.1, 0.15) is 37.0 Å². The van der Waals surface area contributed by atoms with Gasteiger partial charge in [-0.05, 0) is 37.0 Å². The first-order valence-electron chi connectivity index (χ1n) is 11.4. The van der Waals surface area contributed by atoms with Crippen LogP contribution in [0.5, 0.6) is 0 Å². The summed E-state index contributed by atoms with van der Waals surface area (Å²) in [4.78, 5) is 11.4. The normalized spacial score (nSPS) is 19.2. The Morgan fingerprint density at radius 2 is 1.88 bits per heavy atom. The molecule has 1 fully saturated rings. The quantitative estimate of drug-likeness (QED) is 0.424. The molecule has 0 aliphatic carbocycles. The second-order valence-electron chi connectivity index (χ2n) is 8.45. The van der Waals surface area contributed by atoms with Crippen molar-refractivity contribution in [3.63, 3.8) is 0 Å². The molecule has 2 atom stereocenters. The first-order chi connectivity index (χ1) is 15.7. The van der Waals surface area contributed by atoms with Crippen molar-refractivity contribution in [2.24, 2.45) is 4.99 Å². The van der Waals surface area contributed by atoms with E-state index in [9.17, 15) is 0 Å². The molecule has 0 amide bonds. The lowest BCUT2D eigenvalue weighted by Crippen LogP contribution is -2.44. The smallest absolute Gasteiger partial charge is 0.191 e. The number of nitrogens with zero attached hydrogens (tertiary/aromatic N) is 5. The van der Waals surface area contributed by atoms with Gasteiger partial charge >= 0.3 is 0 Å². The molecule has 1 saturated heterocycles. The topological polar surface area (TPSA) is 70.4 Å². The Kier molecular flexibility index (Phi) is 7.51. The summed E-state index contributed by atoms with van der Waals surface area (Å²) in [5.41, 5.74) is 3.75. The first kappa shape index (κ1) is 22.0. The van der Waals surface area contributed by atoms with Gasteiger partial charge in [0.25, 0.3) is 0 Å². The fourth-order valence-corrected chi connectivity index (χ4v) is 4.25. The molecule has 7 nitrogen and oxygen atoms in total. The van der Waals surface area contributed by atoms with Gasteiger partial charge in [-0.15, -0.1) is 0 Å². The molecule has 0 bridgehead atoms. The molecule has 32 heavy (non-hydrogen) atoms. The van der Waals surface area contributed by atoms with Crippen molar-refractivity contribution in [3.05, 3.63) is 83.9 Å².